The van der Waals surface area contributed by atoms with Gasteiger partial charge >= 0.3 is 0 Å². The van der Waals surface area contributed by atoms with Crippen LogP contribution in [0.4, 0.5) is 11.4 Å². The summed E-state index contributed by atoms with van der Waals surface area (Å²) < 4.78 is 5.71. The highest BCUT2D eigenvalue weighted by Crippen LogP contribution is 2.42. The number of rotatable bonds is 8. The van der Waals surface area contributed by atoms with Gasteiger partial charge in [-0.1, -0.05) is 26.0 Å². The molecule has 2 unspecified atom stereocenters. The van der Waals surface area contributed by atoms with Crippen LogP contribution < -0.4 is 10.2 Å². The van der Waals surface area contributed by atoms with E-state index in [1.807, 2.05) is 13.8 Å². The molecule has 2 amide bonds. The van der Waals surface area contributed by atoms with Crippen LogP contribution in [0.2, 0.25) is 0 Å². The Kier molecular flexibility index (Phi) is 7.32. The quantitative estimate of drug-likeness (QED) is 0.340. The fourth-order valence-electron chi connectivity index (χ4n) is 3.43. The smallest absolute Gasteiger partial charge is 0.276 e. The first-order valence-corrected chi connectivity index (χ1v) is 11.2. The van der Waals surface area contributed by atoms with Gasteiger partial charge in [0.2, 0.25) is 0 Å². The molecule has 2 aromatic carbocycles. The molecule has 2 aromatic rings. The number of amides is 2. The number of benzene rings is 2. The van der Waals surface area contributed by atoms with Crippen LogP contribution >= 0.6 is 11.8 Å². The molecule has 3 rings (SSSR count). The average molecular weight is 473 g/mol. The second kappa shape index (κ2) is 9.99. The van der Waals surface area contributed by atoms with E-state index in [1.54, 1.807) is 32.0 Å². The molecule has 1 saturated heterocycles. The Morgan fingerprint density at radius 1 is 1.33 bits per heavy atom. The minimum absolute atomic E-state index is 0.0276. The van der Waals surface area contributed by atoms with Crippen LogP contribution in [0.1, 0.15) is 48.8 Å². The number of carbonyl (C=O) groups is 2. The Labute approximate surface area is 194 Å². The van der Waals surface area contributed by atoms with E-state index in [4.69, 9.17) is 4.74 Å². The summed E-state index contributed by atoms with van der Waals surface area (Å²) in [5.74, 6) is -0.390. The van der Waals surface area contributed by atoms with Crippen molar-refractivity contribution in [3.8, 4) is 5.75 Å². The van der Waals surface area contributed by atoms with E-state index >= 15 is 0 Å². The Balaban J connectivity index is 1.75. The Bertz CT molecular complexity index is 1110. The third kappa shape index (κ3) is 5.30. The minimum Gasteiger partial charge on any atom is -0.483 e. The van der Waals surface area contributed by atoms with Gasteiger partial charge in [0.25, 0.3) is 17.5 Å². The molecule has 0 radical (unpaired) electrons. The lowest BCUT2D eigenvalue weighted by atomic mass is 9.99. The number of hydrazine groups is 1. The summed E-state index contributed by atoms with van der Waals surface area (Å²) in [6.07, 6.45) is 0. The molecule has 0 bridgehead atoms. The van der Waals surface area contributed by atoms with Gasteiger partial charge in [-0.15, -0.1) is 16.7 Å². The molecule has 11 heteroatoms. The minimum atomic E-state index is -0.609. The van der Waals surface area contributed by atoms with Gasteiger partial charge in [-0.05, 0) is 53.8 Å². The number of thioether (sulfide) groups is 1. The van der Waals surface area contributed by atoms with Crippen molar-refractivity contribution in [2.75, 3.05) is 6.61 Å². The van der Waals surface area contributed by atoms with E-state index in [1.165, 1.54) is 35.0 Å². The molecule has 1 aliphatic rings. The highest BCUT2D eigenvalue weighted by molar-refractivity contribution is 8.01. The standard InChI is InChI=1S/C22H24N4O6S/c1-12(2)17-10-18(24-29)13(3)8-19(17)32-11-20(27)23-25-21(28)14(4)33-22(25)15-6-5-7-16(9-15)26(30)31/h5-10,12,14,22H,11H2,1-4H3,(H,23,27). The first kappa shape index (κ1) is 24.2. The van der Waals surface area contributed by atoms with E-state index in [2.05, 4.69) is 10.6 Å². The molecule has 1 N–H and O–H groups in total. The van der Waals surface area contributed by atoms with Gasteiger partial charge in [-0.2, -0.15) is 0 Å². The van der Waals surface area contributed by atoms with Crippen molar-refractivity contribution < 1.29 is 19.2 Å². The Morgan fingerprint density at radius 3 is 2.70 bits per heavy atom. The fraction of sp³-hybridized carbons (Fsp3) is 0.364. The van der Waals surface area contributed by atoms with Crippen molar-refractivity contribution >= 4 is 35.0 Å². The zero-order valence-electron chi connectivity index (χ0n) is 18.6. The summed E-state index contributed by atoms with van der Waals surface area (Å²) in [5.41, 5.74) is 4.67. The van der Waals surface area contributed by atoms with E-state index in [-0.39, 0.29) is 24.1 Å². The van der Waals surface area contributed by atoms with E-state index in [9.17, 15) is 24.6 Å². The molecule has 0 spiro atoms. The summed E-state index contributed by atoms with van der Waals surface area (Å²) in [7, 11) is 0. The molecule has 10 nitrogen and oxygen atoms in total. The molecule has 2 atom stereocenters. The van der Waals surface area contributed by atoms with E-state index in [0.29, 0.717) is 22.6 Å². The lowest BCUT2D eigenvalue weighted by Gasteiger charge is -2.24. The molecule has 1 fully saturated rings. The number of nitro benzene ring substituents is 1. The maximum atomic E-state index is 12.7. The summed E-state index contributed by atoms with van der Waals surface area (Å²) in [6, 6.07) is 9.26. The number of aryl methyl sites for hydroxylation is 1. The maximum absolute atomic E-state index is 12.7. The second-order valence-corrected chi connectivity index (χ2v) is 9.36. The fourth-order valence-corrected chi connectivity index (χ4v) is 4.63. The van der Waals surface area contributed by atoms with Crippen LogP contribution in [0.3, 0.4) is 0 Å². The summed E-state index contributed by atoms with van der Waals surface area (Å²) in [5, 5.41) is 14.3. The van der Waals surface area contributed by atoms with Gasteiger partial charge in [-0.25, -0.2) is 5.01 Å². The zero-order chi connectivity index (χ0) is 24.3. The molecule has 1 aliphatic heterocycles. The number of nitrogens with zero attached hydrogens (tertiary/aromatic N) is 3. The number of hydrogen-bond acceptors (Lipinski definition) is 8. The number of nitro groups is 1. The van der Waals surface area contributed by atoms with Crippen molar-refractivity contribution in [2.45, 2.75) is 44.2 Å². The lowest BCUT2D eigenvalue weighted by Crippen LogP contribution is -2.47. The van der Waals surface area contributed by atoms with Gasteiger partial charge in [0, 0.05) is 12.1 Å². The lowest BCUT2D eigenvalue weighted by molar-refractivity contribution is -0.384. The third-order valence-electron chi connectivity index (χ3n) is 5.17. The first-order chi connectivity index (χ1) is 15.6. The van der Waals surface area contributed by atoms with Crippen molar-refractivity contribution in [1.82, 2.24) is 10.4 Å². The van der Waals surface area contributed by atoms with Crippen LogP contribution in [0.25, 0.3) is 0 Å². The highest BCUT2D eigenvalue weighted by atomic mass is 32.2. The molecule has 33 heavy (non-hydrogen) atoms. The predicted octanol–water partition coefficient (Wildman–Crippen LogP) is 4.50. The molecule has 0 aliphatic carbocycles. The Morgan fingerprint density at radius 2 is 2.06 bits per heavy atom. The van der Waals surface area contributed by atoms with Gasteiger partial charge in [0.05, 0.1) is 10.2 Å². The van der Waals surface area contributed by atoms with Crippen LogP contribution in [0, 0.1) is 21.9 Å². The molecular weight excluding hydrogens is 448 g/mol. The molecule has 0 aromatic heterocycles. The molecule has 0 saturated carbocycles. The molecule has 174 valence electrons. The summed E-state index contributed by atoms with van der Waals surface area (Å²) in [4.78, 5) is 46.9. The van der Waals surface area contributed by atoms with Crippen molar-refractivity contribution in [1.29, 1.82) is 0 Å². The Hall–Kier alpha value is -3.47. The molecule has 1 heterocycles. The monoisotopic (exact) mass is 472 g/mol. The topological polar surface area (TPSA) is 131 Å². The largest absolute Gasteiger partial charge is 0.483 e. The highest BCUT2D eigenvalue weighted by Gasteiger charge is 2.40. The zero-order valence-corrected chi connectivity index (χ0v) is 19.4. The summed E-state index contributed by atoms with van der Waals surface area (Å²) >= 11 is 1.28. The van der Waals surface area contributed by atoms with Crippen LogP contribution in [-0.2, 0) is 9.59 Å². The molecular formula is C22H24N4O6S. The van der Waals surface area contributed by atoms with Crippen LogP contribution in [-0.4, -0.2) is 33.6 Å². The third-order valence-corrected chi connectivity index (χ3v) is 6.52. The van der Waals surface area contributed by atoms with Crippen LogP contribution in [0.15, 0.2) is 41.6 Å². The van der Waals surface area contributed by atoms with Gasteiger partial charge in [0.15, 0.2) is 6.61 Å². The van der Waals surface area contributed by atoms with Crippen molar-refractivity contribution in [3.63, 3.8) is 0 Å². The van der Waals surface area contributed by atoms with Crippen molar-refractivity contribution in [2.24, 2.45) is 5.18 Å². The van der Waals surface area contributed by atoms with E-state index in [0.717, 1.165) is 5.56 Å². The maximum Gasteiger partial charge on any atom is 0.276 e. The average Bonchev–Trinajstić information content (AvgIpc) is 3.06. The number of hydrogen-bond donors (Lipinski definition) is 1. The van der Waals surface area contributed by atoms with E-state index < -0.39 is 21.5 Å². The van der Waals surface area contributed by atoms with Gasteiger partial charge < -0.3 is 4.74 Å². The number of nitroso groups, excluding NO2 is 1. The van der Waals surface area contributed by atoms with Gasteiger partial charge in [-0.3, -0.25) is 25.1 Å². The summed E-state index contributed by atoms with van der Waals surface area (Å²) in [6.45, 7) is 6.92. The predicted molar refractivity (Wildman–Crippen MR) is 124 cm³/mol. The van der Waals surface area contributed by atoms with Crippen LogP contribution in [0.5, 0.6) is 5.75 Å². The number of carbonyl (C=O) groups excluding carboxylic acids is 2. The SMILES string of the molecule is Cc1cc(OCC(=O)NN2C(=O)C(C)SC2c2cccc([N+](=O)[O-])c2)c(C(C)C)cc1N=O. The number of non-ortho nitro benzene ring substituents is 1. The number of nitrogens with one attached hydrogen (secondary N) is 1. The van der Waals surface area contributed by atoms with Crippen molar-refractivity contribution in [3.05, 3.63) is 68.1 Å². The van der Waals surface area contributed by atoms with Gasteiger partial charge in [0.1, 0.15) is 16.8 Å². The number of ether oxygens (including phenoxy) is 1. The first-order valence-electron chi connectivity index (χ1n) is 10.3. The second-order valence-electron chi connectivity index (χ2n) is 7.94. The normalized spacial score (nSPS) is 17.8.